The van der Waals surface area contributed by atoms with Crippen molar-refractivity contribution in [2.45, 2.75) is 37.8 Å². The number of carboxylic acid groups (broad SMARTS) is 1. The van der Waals surface area contributed by atoms with E-state index in [-0.39, 0.29) is 72.1 Å². The van der Waals surface area contributed by atoms with E-state index in [1.54, 1.807) is 0 Å². The lowest BCUT2D eigenvalue weighted by molar-refractivity contribution is -0.137. The molecule has 3 heterocycles. The number of aliphatic carboxylic acids is 1. The quantitative estimate of drug-likeness (QED) is 0.289. The number of rotatable bonds is 10. The summed E-state index contributed by atoms with van der Waals surface area (Å²) in [6.07, 6.45) is 1.37. The summed E-state index contributed by atoms with van der Waals surface area (Å²) in [7, 11) is 2.96. The third kappa shape index (κ3) is 5.59. The van der Waals surface area contributed by atoms with Crippen LogP contribution in [0.3, 0.4) is 0 Å². The number of nitrogens with zero attached hydrogens (tertiary/aromatic N) is 3. The molecule has 1 fully saturated rings. The van der Waals surface area contributed by atoms with Gasteiger partial charge in [0.25, 0.3) is 6.01 Å². The van der Waals surface area contributed by atoms with E-state index in [2.05, 4.69) is 15.3 Å². The van der Waals surface area contributed by atoms with Gasteiger partial charge in [-0.2, -0.15) is 4.98 Å². The maximum atomic E-state index is 15.5. The minimum absolute atomic E-state index is 0.0774. The van der Waals surface area contributed by atoms with Gasteiger partial charge in [0.05, 0.1) is 37.9 Å². The number of methoxy groups -OCH3 is 2. The Morgan fingerprint density at radius 3 is 2.77 bits per heavy atom. The number of anilines is 2. The van der Waals surface area contributed by atoms with Crippen LogP contribution in [0.2, 0.25) is 0 Å². The molecule has 5 rings (SSSR count). The zero-order valence-electron chi connectivity index (χ0n) is 21.6. The molecule has 0 unspecified atom stereocenters. The number of nitrogens with one attached hydrogen (secondary N) is 1. The molecule has 40 heavy (non-hydrogen) atoms. The first-order chi connectivity index (χ1) is 19.2. The van der Waals surface area contributed by atoms with E-state index in [9.17, 15) is 14.0 Å². The number of amides is 1. The second-order valence-electron chi connectivity index (χ2n) is 9.27. The molecular weight excluding hydrogens is 530 g/mol. The molecule has 2 aromatic heterocycles. The monoisotopic (exact) mass is 556 g/mol. The number of ether oxygens (including phenoxy) is 2. The van der Waals surface area contributed by atoms with Gasteiger partial charge in [0.2, 0.25) is 11.8 Å². The van der Waals surface area contributed by atoms with Gasteiger partial charge in [-0.25, -0.2) is 13.8 Å². The van der Waals surface area contributed by atoms with Crippen molar-refractivity contribution in [2.75, 3.05) is 26.1 Å². The largest absolute Gasteiger partial charge is 0.495 e. The van der Waals surface area contributed by atoms with Crippen molar-refractivity contribution in [3.05, 3.63) is 65.4 Å². The minimum atomic E-state index is -0.961. The van der Waals surface area contributed by atoms with Crippen molar-refractivity contribution < 1.29 is 41.8 Å². The number of aryl methyl sites for hydroxylation is 1. The summed E-state index contributed by atoms with van der Waals surface area (Å²) in [5, 5.41) is 11.7. The lowest BCUT2D eigenvalue weighted by Gasteiger charge is -2.22. The smallest absolute Gasteiger partial charge is 0.303 e. The molecule has 11 nitrogen and oxygen atoms in total. The Morgan fingerprint density at radius 2 is 2.02 bits per heavy atom. The molecule has 1 amide bonds. The van der Waals surface area contributed by atoms with E-state index in [0.29, 0.717) is 17.9 Å². The van der Waals surface area contributed by atoms with E-state index in [1.165, 1.54) is 55.6 Å². The molecule has 2 aromatic carbocycles. The number of oxazole rings is 2. The fourth-order valence-electron chi connectivity index (χ4n) is 4.65. The van der Waals surface area contributed by atoms with Crippen molar-refractivity contribution in [2.24, 2.45) is 0 Å². The second kappa shape index (κ2) is 11.3. The number of carboxylic acids is 1. The molecule has 1 aliphatic rings. The van der Waals surface area contributed by atoms with Gasteiger partial charge in [0.1, 0.15) is 28.9 Å². The first kappa shape index (κ1) is 27.1. The zero-order chi connectivity index (χ0) is 28.4. The maximum absolute atomic E-state index is 15.5. The Labute approximate surface area is 226 Å². The standard InChI is InChI=1S/C27H26F2N4O7/c1-37-17-11-20(26-30-12-16(39-26)5-8-23(35)36)33(13-17)22(34)9-14-3-6-18-25(24(14)29)40-27(31-18)32-19-10-15(28)4-7-21(19)38-2/h3-4,6-7,10,12,17,20H,5,8-9,11,13H2,1-2H3,(H,31,32)(H,35,36)/t17-,20-/m0/s1. The van der Waals surface area contributed by atoms with Gasteiger partial charge in [-0.3, -0.25) is 9.59 Å². The summed E-state index contributed by atoms with van der Waals surface area (Å²) in [6, 6.07) is 6.21. The Morgan fingerprint density at radius 1 is 1.20 bits per heavy atom. The first-order valence-electron chi connectivity index (χ1n) is 12.4. The van der Waals surface area contributed by atoms with Gasteiger partial charge in [-0.05, 0) is 18.2 Å². The highest BCUT2D eigenvalue weighted by atomic mass is 19.1. The predicted octanol–water partition coefficient (Wildman–Crippen LogP) is 4.39. The predicted molar refractivity (Wildman–Crippen MR) is 136 cm³/mol. The number of hydrogen-bond donors (Lipinski definition) is 2. The van der Waals surface area contributed by atoms with Crippen LogP contribution in [0, 0.1) is 11.6 Å². The van der Waals surface area contributed by atoms with Crippen molar-refractivity contribution in [1.82, 2.24) is 14.9 Å². The molecule has 0 radical (unpaired) electrons. The third-order valence-corrected chi connectivity index (χ3v) is 6.68. The highest BCUT2D eigenvalue weighted by molar-refractivity contribution is 5.83. The molecule has 4 aromatic rings. The molecule has 210 valence electrons. The maximum Gasteiger partial charge on any atom is 0.303 e. The minimum Gasteiger partial charge on any atom is -0.495 e. The number of halogens is 2. The first-order valence-corrected chi connectivity index (χ1v) is 12.4. The van der Waals surface area contributed by atoms with Gasteiger partial charge in [0.15, 0.2) is 11.4 Å². The lowest BCUT2D eigenvalue weighted by Crippen LogP contribution is -2.33. The zero-order valence-corrected chi connectivity index (χ0v) is 21.6. The van der Waals surface area contributed by atoms with Crippen LogP contribution in [-0.2, 0) is 27.2 Å². The molecule has 0 spiro atoms. The van der Waals surface area contributed by atoms with Crippen LogP contribution < -0.4 is 10.1 Å². The van der Waals surface area contributed by atoms with Gasteiger partial charge < -0.3 is 33.6 Å². The fraction of sp³-hybridized carbons (Fsp3) is 0.333. The third-order valence-electron chi connectivity index (χ3n) is 6.68. The molecule has 2 N–H and O–H groups in total. The van der Waals surface area contributed by atoms with Crippen LogP contribution in [0.15, 0.2) is 45.4 Å². The molecule has 13 heteroatoms. The van der Waals surface area contributed by atoms with Crippen LogP contribution >= 0.6 is 0 Å². The molecule has 1 saturated heterocycles. The van der Waals surface area contributed by atoms with Crippen molar-refractivity contribution in [1.29, 1.82) is 0 Å². The number of hydrogen-bond acceptors (Lipinski definition) is 9. The number of aromatic nitrogens is 2. The van der Waals surface area contributed by atoms with Crippen molar-refractivity contribution >= 4 is 34.7 Å². The summed E-state index contributed by atoms with van der Waals surface area (Å²) in [6.45, 7) is 0.253. The van der Waals surface area contributed by atoms with Crippen molar-refractivity contribution in [3.63, 3.8) is 0 Å². The van der Waals surface area contributed by atoms with Crippen molar-refractivity contribution in [3.8, 4) is 5.75 Å². The molecule has 1 aliphatic heterocycles. The van der Waals surface area contributed by atoms with Gasteiger partial charge in [0, 0.05) is 38.1 Å². The topological polar surface area (TPSA) is 140 Å². The Balaban J connectivity index is 1.35. The highest BCUT2D eigenvalue weighted by Crippen LogP contribution is 2.35. The molecule has 0 aliphatic carbocycles. The molecule has 0 bridgehead atoms. The van der Waals surface area contributed by atoms with Gasteiger partial charge in [-0.1, -0.05) is 6.07 Å². The Hall–Kier alpha value is -4.52. The molecular formula is C27H26F2N4O7. The van der Waals surface area contributed by atoms with Crippen LogP contribution in [0.4, 0.5) is 20.5 Å². The number of carbonyl (C=O) groups excluding carboxylic acids is 1. The Bertz CT molecular complexity index is 1550. The summed E-state index contributed by atoms with van der Waals surface area (Å²) in [4.78, 5) is 34.2. The number of likely N-dealkylation sites (tertiary alicyclic amines) is 1. The highest BCUT2D eigenvalue weighted by Gasteiger charge is 2.39. The van der Waals surface area contributed by atoms with E-state index in [4.69, 9.17) is 23.4 Å². The lowest BCUT2D eigenvalue weighted by atomic mass is 10.1. The number of carbonyl (C=O) groups is 2. The number of fused-ring (bicyclic) bond motifs is 1. The normalized spacial score (nSPS) is 16.9. The summed E-state index contributed by atoms with van der Waals surface area (Å²) < 4.78 is 51.2. The van der Waals surface area contributed by atoms with Gasteiger partial charge in [-0.15, -0.1) is 0 Å². The van der Waals surface area contributed by atoms with Crippen LogP contribution in [0.1, 0.15) is 36.1 Å². The average Bonchev–Trinajstić information content (AvgIpc) is 3.67. The van der Waals surface area contributed by atoms with E-state index >= 15 is 4.39 Å². The van der Waals surface area contributed by atoms with E-state index < -0.39 is 23.6 Å². The molecule has 0 saturated carbocycles. The fourth-order valence-corrected chi connectivity index (χ4v) is 4.65. The van der Waals surface area contributed by atoms with Crippen LogP contribution in [0.5, 0.6) is 5.75 Å². The van der Waals surface area contributed by atoms with E-state index in [0.717, 1.165) is 0 Å². The van der Waals surface area contributed by atoms with Crippen LogP contribution in [-0.4, -0.2) is 58.7 Å². The van der Waals surface area contributed by atoms with Gasteiger partial charge >= 0.3 is 5.97 Å². The summed E-state index contributed by atoms with van der Waals surface area (Å²) in [5.74, 6) is -1.60. The average molecular weight is 557 g/mol. The van der Waals surface area contributed by atoms with E-state index in [1.807, 2.05) is 0 Å². The number of benzene rings is 2. The molecule has 2 atom stereocenters. The summed E-state index contributed by atoms with van der Waals surface area (Å²) >= 11 is 0. The SMILES string of the molecule is COc1ccc(F)cc1Nc1nc2ccc(CC(=O)N3C[C@@H](OC)C[C@H]3c3ncc(CCC(=O)O)o3)c(F)c2o1. The van der Waals surface area contributed by atoms with Crippen LogP contribution in [0.25, 0.3) is 11.1 Å². The summed E-state index contributed by atoms with van der Waals surface area (Å²) in [5.41, 5.74) is 0.387. The second-order valence-corrected chi connectivity index (χ2v) is 9.27. The Kier molecular flexibility index (Phi) is 7.65.